The fourth-order valence-electron chi connectivity index (χ4n) is 2.62. The van der Waals surface area contributed by atoms with E-state index in [4.69, 9.17) is 4.42 Å². The van der Waals surface area contributed by atoms with Crippen LogP contribution < -0.4 is 0 Å². The molecule has 6 heteroatoms. The average molecular weight is 302 g/mol. The summed E-state index contributed by atoms with van der Waals surface area (Å²) in [5.74, 6) is 0. The second-order valence-corrected chi connectivity index (χ2v) is 4.89. The van der Waals surface area contributed by atoms with Crippen LogP contribution in [-0.2, 0) is 6.18 Å². The Labute approximate surface area is 122 Å². The average Bonchev–Trinajstić information content (AvgIpc) is 3.12. The number of furan rings is 1. The molecule has 0 aliphatic rings. The summed E-state index contributed by atoms with van der Waals surface area (Å²) >= 11 is 0. The highest BCUT2D eigenvalue weighted by molar-refractivity contribution is 6.08. The van der Waals surface area contributed by atoms with Gasteiger partial charge in [-0.15, -0.1) is 0 Å². The SMILES string of the molecule is FC(F)(F)c1cccc2c1oc1c(-n3cccn3)cccc12. The van der Waals surface area contributed by atoms with Crippen LogP contribution in [0.5, 0.6) is 0 Å². The van der Waals surface area contributed by atoms with Crippen LogP contribution in [0.4, 0.5) is 13.2 Å². The number of para-hydroxylation sites is 2. The van der Waals surface area contributed by atoms with Gasteiger partial charge in [-0.05, 0) is 18.2 Å². The van der Waals surface area contributed by atoms with Crippen molar-refractivity contribution in [3.05, 3.63) is 60.4 Å². The van der Waals surface area contributed by atoms with E-state index < -0.39 is 11.7 Å². The number of halogens is 3. The van der Waals surface area contributed by atoms with E-state index in [1.807, 2.05) is 0 Å². The molecule has 0 N–H and O–H groups in total. The maximum Gasteiger partial charge on any atom is 0.420 e. The molecule has 2 aromatic carbocycles. The third-order valence-electron chi connectivity index (χ3n) is 3.56. The van der Waals surface area contributed by atoms with Gasteiger partial charge in [0.15, 0.2) is 5.58 Å². The zero-order valence-corrected chi connectivity index (χ0v) is 11.1. The minimum Gasteiger partial charge on any atom is -0.453 e. The van der Waals surface area contributed by atoms with Gasteiger partial charge in [0.25, 0.3) is 0 Å². The molecule has 0 unspecified atom stereocenters. The molecule has 0 fully saturated rings. The lowest BCUT2D eigenvalue weighted by molar-refractivity contribution is -0.136. The molecule has 0 saturated carbocycles. The lowest BCUT2D eigenvalue weighted by Crippen LogP contribution is -2.04. The van der Waals surface area contributed by atoms with Crippen molar-refractivity contribution in [3.8, 4) is 5.69 Å². The van der Waals surface area contributed by atoms with Gasteiger partial charge in [-0.3, -0.25) is 0 Å². The number of nitrogens with zero attached hydrogens (tertiary/aromatic N) is 2. The van der Waals surface area contributed by atoms with Crippen LogP contribution in [0.25, 0.3) is 27.6 Å². The molecule has 4 aromatic rings. The summed E-state index contributed by atoms with van der Waals surface area (Å²) < 4.78 is 46.6. The van der Waals surface area contributed by atoms with Crippen LogP contribution in [0, 0.1) is 0 Å². The zero-order valence-electron chi connectivity index (χ0n) is 11.1. The van der Waals surface area contributed by atoms with Gasteiger partial charge in [-0.1, -0.05) is 24.3 Å². The Morgan fingerprint density at radius 2 is 1.64 bits per heavy atom. The van der Waals surface area contributed by atoms with Crippen molar-refractivity contribution in [2.75, 3.05) is 0 Å². The van der Waals surface area contributed by atoms with Crippen LogP contribution in [0.2, 0.25) is 0 Å². The second-order valence-electron chi connectivity index (χ2n) is 4.89. The highest BCUT2D eigenvalue weighted by Gasteiger charge is 2.34. The molecule has 0 atom stereocenters. The number of alkyl halides is 3. The molecule has 0 radical (unpaired) electrons. The molecular formula is C16H9F3N2O. The van der Waals surface area contributed by atoms with E-state index in [2.05, 4.69) is 5.10 Å². The molecule has 0 spiro atoms. The number of rotatable bonds is 1. The predicted octanol–water partition coefficient (Wildman–Crippen LogP) is 4.79. The molecule has 4 rings (SSSR count). The minimum atomic E-state index is -4.46. The lowest BCUT2D eigenvalue weighted by atomic mass is 10.1. The van der Waals surface area contributed by atoms with E-state index in [0.717, 1.165) is 6.07 Å². The van der Waals surface area contributed by atoms with Gasteiger partial charge < -0.3 is 4.42 Å². The first-order valence-electron chi connectivity index (χ1n) is 6.57. The maximum absolute atomic E-state index is 13.1. The van der Waals surface area contributed by atoms with Crippen molar-refractivity contribution in [2.45, 2.75) is 6.18 Å². The fraction of sp³-hybridized carbons (Fsp3) is 0.0625. The Hall–Kier alpha value is -2.76. The molecule has 0 amide bonds. The van der Waals surface area contributed by atoms with Gasteiger partial charge in [-0.25, -0.2) is 4.68 Å². The summed E-state index contributed by atoms with van der Waals surface area (Å²) in [6, 6.07) is 11.1. The Bertz CT molecular complexity index is 968. The molecule has 0 aliphatic carbocycles. The van der Waals surface area contributed by atoms with Gasteiger partial charge in [0.1, 0.15) is 11.3 Å². The van der Waals surface area contributed by atoms with Crippen molar-refractivity contribution in [3.63, 3.8) is 0 Å². The van der Waals surface area contributed by atoms with Gasteiger partial charge in [-0.2, -0.15) is 18.3 Å². The maximum atomic E-state index is 13.1. The van der Waals surface area contributed by atoms with E-state index >= 15 is 0 Å². The Kier molecular flexibility index (Phi) is 2.57. The number of hydrogen-bond acceptors (Lipinski definition) is 2. The smallest absolute Gasteiger partial charge is 0.420 e. The van der Waals surface area contributed by atoms with Crippen LogP contribution in [0.3, 0.4) is 0 Å². The predicted molar refractivity (Wildman–Crippen MR) is 75.8 cm³/mol. The number of hydrogen-bond donors (Lipinski definition) is 0. The van der Waals surface area contributed by atoms with Gasteiger partial charge in [0.05, 0.1) is 5.56 Å². The second kappa shape index (κ2) is 4.37. The number of fused-ring (bicyclic) bond motifs is 3. The van der Waals surface area contributed by atoms with Crippen LogP contribution in [-0.4, -0.2) is 9.78 Å². The normalized spacial score (nSPS) is 12.3. The third-order valence-corrected chi connectivity index (χ3v) is 3.56. The van der Waals surface area contributed by atoms with Crippen molar-refractivity contribution < 1.29 is 17.6 Å². The molecule has 3 nitrogen and oxygen atoms in total. The summed E-state index contributed by atoms with van der Waals surface area (Å²) in [6.45, 7) is 0. The summed E-state index contributed by atoms with van der Waals surface area (Å²) in [7, 11) is 0. The van der Waals surface area contributed by atoms with Crippen molar-refractivity contribution >= 4 is 21.9 Å². The first-order valence-corrected chi connectivity index (χ1v) is 6.57. The van der Waals surface area contributed by atoms with Crippen molar-refractivity contribution in [1.82, 2.24) is 9.78 Å². The highest BCUT2D eigenvalue weighted by atomic mass is 19.4. The molecule has 0 bridgehead atoms. The first-order chi connectivity index (χ1) is 10.6. The monoisotopic (exact) mass is 302 g/mol. The Morgan fingerprint density at radius 1 is 0.909 bits per heavy atom. The molecule has 2 aromatic heterocycles. The summed E-state index contributed by atoms with van der Waals surface area (Å²) in [6.07, 6.45) is -1.14. The first kappa shape index (κ1) is 12.9. The van der Waals surface area contributed by atoms with Crippen molar-refractivity contribution in [2.24, 2.45) is 0 Å². The molecular weight excluding hydrogens is 293 g/mol. The molecule has 22 heavy (non-hydrogen) atoms. The Morgan fingerprint density at radius 3 is 2.32 bits per heavy atom. The molecule has 110 valence electrons. The van der Waals surface area contributed by atoms with Gasteiger partial charge in [0.2, 0.25) is 0 Å². The summed E-state index contributed by atoms with van der Waals surface area (Å²) in [5.41, 5.74) is 0.0712. The molecule has 2 heterocycles. The molecule has 0 saturated heterocycles. The van der Waals surface area contributed by atoms with Crippen molar-refractivity contribution in [1.29, 1.82) is 0 Å². The third kappa shape index (κ3) is 1.80. The number of aromatic nitrogens is 2. The van der Waals surface area contributed by atoms with Crippen LogP contribution >= 0.6 is 0 Å². The molecule has 0 aliphatic heterocycles. The Balaban J connectivity index is 2.12. The van der Waals surface area contributed by atoms with E-state index in [0.29, 0.717) is 22.0 Å². The lowest BCUT2D eigenvalue weighted by Gasteiger charge is -2.05. The number of benzene rings is 2. The van der Waals surface area contributed by atoms with Gasteiger partial charge >= 0.3 is 6.18 Å². The van der Waals surface area contributed by atoms with E-state index in [1.54, 1.807) is 47.4 Å². The van der Waals surface area contributed by atoms with Crippen LogP contribution in [0.15, 0.2) is 59.3 Å². The topological polar surface area (TPSA) is 31.0 Å². The summed E-state index contributed by atoms with van der Waals surface area (Å²) in [5, 5.41) is 5.19. The standard InChI is InChI=1S/C16H9F3N2O/c17-16(18,19)12-6-1-4-10-11-5-2-7-13(15(11)22-14(10)12)21-9-3-8-20-21/h1-9H. The summed E-state index contributed by atoms with van der Waals surface area (Å²) in [4.78, 5) is 0. The van der Waals surface area contributed by atoms with Crippen LogP contribution in [0.1, 0.15) is 5.56 Å². The fourth-order valence-corrected chi connectivity index (χ4v) is 2.62. The largest absolute Gasteiger partial charge is 0.453 e. The zero-order chi connectivity index (χ0) is 15.3. The van der Waals surface area contributed by atoms with Gasteiger partial charge in [0, 0.05) is 23.2 Å². The minimum absolute atomic E-state index is 0.149. The van der Waals surface area contributed by atoms with E-state index in [-0.39, 0.29) is 5.58 Å². The quantitative estimate of drug-likeness (QED) is 0.506. The van der Waals surface area contributed by atoms with E-state index in [9.17, 15) is 13.2 Å². The van der Waals surface area contributed by atoms with E-state index in [1.165, 1.54) is 6.07 Å². The highest BCUT2D eigenvalue weighted by Crippen LogP contribution is 2.40.